The number of carbonyl (C=O) groups excluding carboxylic acids is 2. The Hall–Kier alpha value is -2.26. The van der Waals surface area contributed by atoms with E-state index in [4.69, 9.17) is 4.74 Å². The third-order valence-electron chi connectivity index (χ3n) is 11.2. The SMILES string of the molecule is CC(C)CN1C(=O)N(CC2CCOCC2)CC12CC1CCC(C2)N1CC[C@H](NC(=O)C1CCC(F)(F)CC1)c1ccccc1. The number of hydrogen-bond donors (Lipinski definition) is 1. The Morgan fingerprint density at radius 3 is 2.30 bits per heavy atom. The minimum Gasteiger partial charge on any atom is -0.381 e. The molecule has 3 amide bonds. The number of alkyl halides is 2. The van der Waals surface area contributed by atoms with E-state index < -0.39 is 5.92 Å². The molecule has 0 aromatic heterocycles. The van der Waals surface area contributed by atoms with E-state index in [1.807, 2.05) is 18.2 Å². The van der Waals surface area contributed by atoms with Crippen LogP contribution in [0, 0.1) is 17.8 Å². The first-order valence-corrected chi connectivity index (χ1v) is 17.3. The Labute approximate surface area is 262 Å². The number of nitrogens with zero attached hydrogens (tertiary/aromatic N) is 3. The second-order valence-corrected chi connectivity index (χ2v) is 14.9. The lowest BCUT2D eigenvalue weighted by atomic mass is 9.81. The Morgan fingerprint density at radius 1 is 1.00 bits per heavy atom. The average molecular weight is 615 g/mol. The summed E-state index contributed by atoms with van der Waals surface area (Å²) >= 11 is 0. The highest BCUT2D eigenvalue weighted by Crippen LogP contribution is 2.47. The van der Waals surface area contributed by atoms with Gasteiger partial charge in [0.25, 0.3) is 0 Å². The van der Waals surface area contributed by atoms with Crippen LogP contribution in [0.15, 0.2) is 30.3 Å². The molecule has 4 saturated heterocycles. The minimum atomic E-state index is -2.64. The standard InChI is InChI=1S/C35H52F2N4O3/c1-25(2)22-41-33(43)39(23-26-13-18-44-19-14-26)24-34(41)20-29-8-9-30(21-34)40(29)17-12-31(27-6-4-3-5-7-27)38-32(42)28-10-15-35(36,37)16-11-28/h3-7,25-26,28-31H,8-24H2,1-2H3,(H,38,42)/t29?,30?,31-,34?/m0/s1. The first-order chi connectivity index (χ1) is 21.1. The van der Waals surface area contributed by atoms with Gasteiger partial charge in [-0.25, -0.2) is 13.6 Å². The summed E-state index contributed by atoms with van der Waals surface area (Å²) in [5.41, 5.74) is 0.960. The maximum atomic E-state index is 13.9. The summed E-state index contributed by atoms with van der Waals surface area (Å²) in [5, 5.41) is 3.27. The number of halogens is 2. The lowest BCUT2D eigenvalue weighted by Gasteiger charge is -2.48. The molecule has 44 heavy (non-hydrogen) atoms. The Bertz CT molecular complexity index is 1120. The van der Waals surface area contributed by atoms with Crippen LogP contribution in [0.25, 0.3) is 0 Å². The molecule has 0 radical (unpaired) electrons. The molecule has 1 aromatic rings. The highest BCUT2D eigenvalue weighted by molar-refractivity contribution is 5.79. The van der Waals surface area contributed by atoms with Gasteiger partial charge in [-0.1, -0.05) is 44.2 Å². The lowest BCUT2D eigenvalue weighted by Crippen LogP contribution is -2.59. The summed E-state index contributed by atoms with van der Waals surface area (Å²) in [5.74, 6) is -2.14. The summed E-state index contributed by atoms with van der Waals surface area (Å²) in [4.78, 5) is 34.2. The van der Waals surface area contributed by atoms with Crippen molar-refractivity contribution in [2.24, 2.45) is 17.8 Å². The highest BCUT2D eigenvalue weighted by Gasteiger charge is 2.57. The molecule has 1 aliphatic carbocycles. The van der Waals surface area contributed by atoms with Crippen LogP contribution < -0.4 is 5.32 Å². The van der Waals surface area contributed by atoms with Crippen LogP contribution in [-0.4, -0.2) is 89.6 Å². The Balaban J connectivity index is 1.12. The number of ether oxygens (including phenoxy) is 1. The third-order valence-corrected chi connectivity index (χ3v) is 11.2. The number of nitrogens with one attached hydrogen (secondary N) is 1. The van der Waals surface area contributed by atoms with Gasteiger partial charge in [-0.3, -0.25) is 9.69 Å². The number of piperidine rings is 1. The van der Waals surface area contributed by atoms with Crippen LogP contribution in [0.5, 0.6) is 0 Å². The zero-order chi connectivity index (χ0) is 30.9. The molecule has 1 aromatic carbocycles. The van der Waals surface area contributed by atoms with Crippen molar-refractivity contribution < 1.29 is 23.1 Å². The number of urea groups is 1. The molecule has 4 aliphatic heterocycles. The zero-order valence-electron chi connectivity index (χ0n) is 26.7. The molecule has 7 nitrogen and oxygen atoms in total. The van der Waals surface area contributed by atoms with E-state index in [0.717, 1.165) is 89.9 Å². The first kappa shape index (κ1) is 31.7. The van der Waals surface area contributed by atoms with E-state index >= 15 is 0 Å². The molecule has 5 aliphatic rings. The van der Waals surface area contributed by atoms with Gasteiger partial charge in [0.05, 0.1) is 11.6 Å². The Morgan fingerprint density at radius 2 is 1.66 bits per heavy atom. The number of amides is 3. The van der Waals surface area contributed by atoms with Crippen molar-refractivity contribution >= 4 is 11.9 Å². The fourth-order valence-corrected chi connectivity index (χ4v) is 8.91. The maximum Gasteiger partial charge on any atom is 0.320 e. The van der Waals surface area contributed by atoms with Gasteiger partial charge in [0.1, 0.15) is 0 Å². The number of rotatable bonds is 10. The quantitative estimate of drug-likeness (QED) is 0.339. The minimum absolute atomic E-state index is 0.0895. The molecule has 9 heteroatoms. The van der Waals surface area contributed by atoms with Crippen molar-refractivity contribution in [2.75, 3.05) is 39.4 Å². The predicted molar refractivity (Wildman–Crippen MR) is 166 cm³/mol. The van der Waals surface area contributed by atoms with Crippen LogP contribution in [0.4, 0.5) is 13.6 Å². The van der Waals surface area contributed by atoms with Crippen molar-refractivity contribution in [3.05, 3.63) is 35.9 Å². The first-order valence-electron chi connectivity index (χ1n) is 17.3. The summed E-state index contributed by atoms with van der Waals surface area (Å²) in [7, 11) is 0. The van der Waals surface area contributed by atoms with Crippen LogP contribution in [0.3, 0.4) is 0 Å². The molecular formula is C35H52F2N4O3. The summed E-state index contributed by atoms with van der Waals surface area (Å²) < 4.78 is 33.1. The van der Waals surface area contributed by atoms with Gasteiger partial charge in [0, 0.05) is 70.2 Å². The molecule has 1 saturated carbocycles. The van der Waals surface area contributed by atoms with Gasteiger partial charge in [-0.05, 0) is 75.2 Å². The zero-order valence-corrected chi connectivity index (χ0v) is 26.7. The number of carbonyl (C=O) groups is 2. The lowest BCUT2D eigenvalue weighted by molar-refractivity contribution is -0.130. The molecule has 244 valence electrons. The fourth-order valence-electron chi connectivity index (χ4n) is 8.91. The van der Waals surface area contributed by atoms with Crippen molar-refractivity contribution in [3.63, 3.8) is 0 Å². The molecule has 1 N–H and O–H groups in total. The second-order valence-electron chi connectivity index (χ2n) is 14.9. The molecule has 2 unspecified atom stereocenters. The summed E-state index contributed by atoms with van der Waals surface area (Å²) in [6, 6.07) is 11.0. The van der Waals surface area contributed by atoms with Gasteiger partial charge in [0.15, 0.2) is 0 Å². The largest absolute Gasteiger partial charge is 0.381 e. The predicted octanol–water partition coefficient (Wildman–Crippen LogP) is 6.25. The Kier molecular flexibility index (Phi) is 9.53. The van der Waals surface area contributed by atoms with E-state index in [2.05, 4.69) is 46.0 Å². The van der Waals surface area contributed by atoms with Crippen molar-refractivity contribution in [3.8, 4) is 0 Å². The molecule has 3 atom stereocenters. The third kappa shape index (κ3) is 6.93. The van der Waals surface area contributed by atoms with Crippen LogP contribution in [0.2, 0.25) is 0 Å². The van der Waals surface area contributed by atoms with Crippen molar-refractivity contribution in [1.29, 1.82) is 0 Å². The molecule has 5 fully saturated rings. The molecule has 4 heterocycles. The van der Waals surface area contributed by atoms with Gasteiger partial charge in [-0.15, -0.1) is 0 Å². The van der Waals surface area contributed by atoms with Crippen LogP contribution in [-0.2, 0) is 9.53 Å². The normalized spacial score (nSPS) is 30.4. The van der Waals surface area contributed by atoms with Gasteiger partial charge in [0.2, 0.25) is 11.8 Å². The number of hydrogen-bond acceptors (Lipinski definition) is 4. The molecular weight excluding hydrogens is 562 g/mol. The van der Waals surface area contributed by atoms with E-state index in [1.54, 1.807) is 0 Å². The smallest absolute Gasteiger partial charge is 0.320 e. The molecule has 6 rings (SSSR count). The highest BCUT2D eigenvalue weighted by atomic mass is 19.3. The van der Waals surface area contributed by atoms with Crippen LogP contribution >= 0.6 is 0 Å². The summed E-state index contributed by atoms with van der Waals surface area (Å²) in [6.07, 6.45) is 7.23. The number of benzene rings is 1. The fraction of sp³-hybridized carbons (Fsp3) is 0.771. The van der Waals surface area contributed by atoms with Crippen molar-refractivity contribution in [1.82, 2.24) is 20.0 Å². The van der Waals surface area contributed by atoms with Crippen LogP contribution in [0.1, 0.15) is 96.1 Å². The van der Waals surface area contributed by atoms with Gasteiger partial charge < -0.3 is 19.9 Å². The van der Waals surface area contributed by atoms with Gasteiger partial charge >= 0.3 is 6.03 Å². The average Bonchev–Trinajstić information content (AvgIpc) is 3.39. The van der Waals surface area contributed by atoms with E-state index in [1.165, 1.54) is 0 Å². The molecule has 1 spiro atoms. The van der Waals surface area contributed by atoms with Gasteiger partial charge in [-0.2, -0.15) is 0 Å². The maximum absolute atomic E-state index is 13.9. The van der Waals surface area contributed by atoms with E-state index in [0.29, 0.717) is 23.9 Å². The monoisotopic (exact) mass is 614 g/mol. The number of fused-ring (bicyclic) bond motifs is 2. The van der Waals surface area contributed by atoms with E-state index in [-0.39, 0.29) is 55.1 Å². The summed E-state index contributed by atoms with van der Waals surface area (Å²) in [6.45, 7) is 9.37. The van der Waals surface area contributed by atoms with E-state index in [9.17, 15) is 18.4 Å². The topological polar surface area (TPSA) is 65.1 Å². The second kappa shape index (κ2) is 13.2. The molecule has 2 bridgehead atoms. The van der Waals surface area contributed by atoms with Crippen molar-refractivity contribution in [2.45, 2.75) is 114 Å².